The fourth-order valence-corrected chi connectivity index (χ4v) is 10.0. The van der Waals surface area contributed by atoms with E-state index < -0.39 is 0 Å². The van der Waals surface area contributed by atoms with Gasteiger partial charge in [-0.2, -0.15) is 0 Å². The largest absolute Gasteiger partial charge is 0.309 e. The molecule has 0 aliphatic heterocycles. The molecule has 0 saturated heterocycles. The first-order valence-corrected chi connectivity index (χ1v) is 20.1. The maximum absolute atomic E-state index is 5.51. The highest BCUT2D eigenvalue weighted by Gasteiger charge is 2.23. The number of thiophene rings is 1. The molecule has 0 amide bonds. The lowest BCUT2D eigenvalue weighted by molar-refractivity contribution is 0.996. The van der Waals surface area contributed by atoms with E-state index >= 15 is 0 Å². The molecule has 0 saturated carbocycles. The second-order valence-electron chi connectivity index (χ2n) is 14.6. The van der Waals surface area contributed by atoms with Gasteiger partial charge in [-0.25, -0.2) is 9.97 Å². The van der Waals surface area contributed by atoms with E-state index in [-0.39, 0.29) is 0 Å². The Morgan fingerprint density at radius 1 is 0.386 bits per heavy atom. The highest BCUT2D eigenvalue weighted by Crippen LogP contribution is 2.43. The van der Waals surface area contributed by atoms with Gasteiger partial charge in [0, 0.05) is 58.5 Å². The summed E-state index contributed by atoms with van der Waals surface area (Å²) in [4.78, 5) is 11.0. The van der Waals surface area contributed by atoms with Gasteiger partial charge in [0.25, 0.3) is 0 Å². The molecule has 8 aromatic carbocycles. The first kappa shape index (κ1) is 32.0. The molecule has 0 aliphatic rings. The molecule has 0 aliphatic carbocycles. The summed E-state index contributed by atoms with van der Waals surface area (Å²) in [6.07, 6.45) is 0. The summed E-state index contributed by atoms with van der Waals surface area (Å²) in [6.45, 7) is 0. The quantitative estimate of drug-likeness (QED) is 0.176. The van der Waals surface area contributed by atoms with Crippen LogP contribution in [-0.2, 0) is 0 Å². The maximum Gasteiger partial charge on any atom is 0.235 e. The normalized spacial score (nSPS) is 11.9. The van der Waals surface area contributed by atoms with Crippen LogP contribution in [0.1, 0.15) is 0 Å². The number of benzene rings is 8. The van der Waals surface area contributed by atoms with Gasteiger partial charge in [-0.05, 0) is 53.6 Å². The third-order valence-corrected chi connectivity index (χ3v) is 12.6. The first-order valence-electron chi connectivity index (χ1n) is 19.3. The summed E-state index contributed by atoms with van der Waals surface area (Å²) >= 11 is 1.83. The van der Waals surface area contributed by atoms with E-state index in [9.17, 15) is 0 Å². The Kier molecular flexibility index (Phi) is 7.06. The van der Waals surface area contributed by atoms with Crippen molar-refractivity contribution in [2.24, 2.45) is 0 Å². The Balaban J connectivity index is 1.16. The van der Waals surface area contributed by atoms with Crippen molar-refractivity contribution in [3.63, 3.8) is 0 Å². The second kappa shape index (κ2) is 12.6. The molecule has 12 aromatic rings. The van der Waals surface area contributed by atoms with Crippen LogP contribution in [0, 0.1) is 0 Å². The van der Waals surface area contributed by atoms with Gasteiger partial charge in [0.1, 0.15) is 0 Å². The van der Waals surface area contributed by atoms with Crippen molar-refractivity contribution < 1.29 is 0 Å². The maximum atomic E-state index is 5.51. The van der Waals surface area contributed by atoms with E-state index in [1.54, 1.807) is 0 Å². The molecule has 5 heteroatoms. The van der Waals surface area contributed by atoms with E-state index in [1.165, 1.54) is 58.5 Å². The van der Waals surface area contributed by atoms with E-state index in [1.807, 2.05) is 11.3 Å². The van der Waals surface area contributed by atoms with Crippen molar-refractivity contribution in [3.05, 3.63) is 194 Å². The fourth-order valence-electron chi connectivity index (χ4n) is 8.80. The second-order valence-corrected chi connectivity index (χ2v) is 15.6. The van der Waals surface area contributed by atoms with Crippen molar-refractivity contribution in [2.45, 2.75) is 0 Å². The third kappa shape index (κ3) is 4.93. The fraction of sp³-hybridized carbons (Fsp3) is 0. The minimum absolute atomic E-state index is 0.640. The minimum Gasteiger partial charge on any atom is -0.309 e. The summed E-state index contributed by atoms with van der Waals surface area (Å²) in [5.74, 6) is 0.640. The summed E-state index contributed by atoms with van der Waals surface area (Å²) in [7, 11) is 0. The molecule has 57 heavy (non-hydrogen) atoms. The van der Waals surface area contributed by atoms with Crippen molar-refractivity contribution in [2.75, 3.05) is 0 Å². The van der Waals surface area contributed by atoms with E-state index in [0.717, 1.165) is 44.6 Å². The van der Waals surface area contributed by atoms with Crippen LogP contribution in [0.2, 0.25) is 0 Å². The zero-order valence-electron chi connectivity index (χ0n) is 30.7. The summed E-state index contributed by atoms with van der Waals surface area (Å²) in [5, 5.41) is 7.30. The monoisotopic (exact) mass is 744 g/mol. The average molecular weight is 745 g/mol. The molecule has 0 N–H and O–H groups in total. The molecule has 4 nitrogen and oxygen atoms in total. The molecule has 0 radical (unpaired) electrons. The lowest BCUT2D eigenvalue weighted by Crippen LogP contribution is -2.04. The highest BCUT2D eigenvalue weighted by molar-refractivity contribution is 7.26. The van der Waals surface area contributed by atoms with Gasteiger partial charge < -0.3 is 4.57 Å². The first-order chi connectivity index (χ1) is 28.3. The Hall–Kier alpha value is -7.34. The van der Waals surface area contributed by atoms with Crippen LogP contribution in [0.3, 0.4) is 0 Å². The predicted molar refractivity (Wildman–Crippen MR) is 240 cm³/mol. The Bertz CT molecular complexity index is 3500. The van der Waals surface area contributed by atoms with Crippen molar-refractivity contribution in [1.82, 2.24) is 19.1 Å². The molecular weight excluding hydrogens is 713 g/mol. The number of hydrogen-bond acceptors (Lipinski definition) is 3. The SMILES string of the molecule is c1ccc(-c2ccc(-c3cc(-c4cccc5c4sc4ccccc45)nc(-n4c5ccccc5c5c4ccc4c6ccccc6n(-c6ccccc6)c45)n3)cc2)cc1. The van der Waals surface area contributed by atoms with E-state index in [2.05, 4.69) is 203 Å². The number of hydrogen-bond donors (Lipinski definition) is 0. The Morgan fingerprint density at radius 3 is 1.81 bits per heavy atom. The molecule has 4 heterocycles. The number of fused-ring (bicyclic) bond motifs is 10. The topological polar surface area (TPSA) is 35.6 Å². The lowest BCUT2D eigenvalue weighted by Gasteiger charge is -2.13. The van der Waals surface area contributed by atoms with E-state index in [0.29, 0.717) is 5.95 Å². The van der Waals surface area contributed by atoms with Crippen LogP contribution in [0.15, 0.2) is 194 Å². The van der Waals surface area contributed by atoms with Crippen molar-refractivity contribution in [1.29, 1.82) is 0 Å². The van der Waals surface area contributed by atoms with Crippen LogP contribution in [0.5, 0.6) is 0 Å². The minimum atomic E-state index is 0.640. The van der Waals surface area contributed by atoms with Crippen LogP contribution in [-0.4, -0.2) is 19.1 Å². The molecule has 0 spiro atoms. The molecule has 0 atom stereocenters. The van der Waals surface area contributed by atoms with Gasteiger partial charge in [0.15, 0.2) is 0 Å². The molecular formula is C52H32N4S. The van der Waals surface area contributed by atoms with Gasteiger partial charge >= 0.3 is 0 Å². The van der Waals surface area contributed by atoms with Crippen LogP contribution in [0.4, 0.5) is 0 Å². The van der Waals surface area contributed by atoms with Gasteiger partial charge in [-0.3, -0.25) is 4.57 Å². The van der Waals surface area contributed by atoms with Crippen LogP contribution >= 0.6 is 11.3 Å². The summed E-state index contributed by atoms with van der Waals surface area (Å²) < 4.78 is 7.19. The zero-order valence-corrected chi connectivity index (χ0v) is 31.5. The number of nitrogens with zero attached hydrogens (tertiary/aromatic N) is 4. The predicted octanol–water partition coefficient (Wildman–Crippen LogP) is 14.0. The molecule has 0 fully saturated rings. The summed E-state index contributed by atoms with van der Waals surface area (Å²) in [6, 6.07) is 69.4. The van der Waals surface area contributed by atoms with Gasteiger partial charge in [0.05, 0.1) is 33.5 Å². The smallest absolute Gasteiger partial charge is 0.235 e. The van der Waals surface area contributed by atoms with Crippen molar-refractivity contribution in [3.8, 4) is 45.3 Å². The van der Waals surface area contributed by atoms with Crippen LogP contribution < -0.4 is 0 Å². The number of para-hydroxylation sites is 3. The van der Waals surface area contributed by atoms with Gasteiger partial charge in [-0.15, -0.1) is 11.3 Å². The van der Waals surface area contributed by atoms with Gasteiger partial charge in [-0.1, -0.05) is 152 Å². The lowest BCUT2D eigenvalue weighted by atomic mass is 10.0. The molecule has 0 unspecified atom stereocenters. The highest BCUT2D eigenvalue weighted by atomic mass is 32.1. The zero-order chi connectivity index (χ0) is 37.5. The molecule has 4 aromatic heterocycles. The standard InChI is InChI=1S/C52H32N4S/c1-3-14-33(15-4-1)34-26-28-35(29-27-34)43-32-44(41-22-13-21-40-38-19-9-12-25-48(38)57-51(40)41)54-52(53-43)56-46-24-11-8-20-42(46)49-47(56)31-30-39-37-18-7-10-23-45(37)55(50(39)49)36-16-5-2-6-17-36/h1-32H. The Labute approximate surface area is 332 Å². The summed E-state index contributed by atoms with van der Waals surface area (Å²) in [5.41, 5.74) is 11.9. The molecule has 12 rings (SSSR count). The molecule has 0 bridgehead atoms. The average Bonchev–Trinajstić information content (AvgIpc) is 3.95. The van der Waals surface area contributed by atoms with Gasteiger partial charge in [0.2, 0.25) is 5.95 Å². The van der Waals surface area contributed by atoms with E-state index in [4.69, 9.17) is 9.97 Å². The number of aromatic nitrogens is 4. The number of rotatable bonds is 5. The molecule has 266 valence electrons. The Morgan fingerprint density at radius 2 is 1.00 bits per heavy atom. The van der Waals surface area contributed by atoms with Crippen molar-refractivity contribution >= 4 is 75.1 Å². The van der Waals surface area contributed by atoms with Crippen LogP contribution in [0.25, 0.3) is 109 Å². The third-order valence-electron chi connectivity index (χ3n) is 11.4.